The third-order valence-corrected chi connectivity index (χ3v) is 5.67. The van der Waals surface area contributed by atoms with Gasteiger partial charge in [0.2, 0.25) is 15.9 Å². The Hall–Kier alpha value is -2.03. The van der Waals surface area contributed by atoms with Crippen LogP contribution in [-0.2, 0) is 14.8 Å². The van der Waals surface area contributed by atoms with E-state index in [1.807, 2.05) is 0 Å². The summed E-state index contributed by atoms with van der Waals surface area (Å²) in [5, 5.41) is 2.61. The number of benzene rings is 2. The lowest BCUT2D eigenvalue weighted by Gasteiger charge is -2.30. The highest BCUT2D eigenvalue weighted by molar-refractivity contribution is 7.92. The van der Waals surface area contributed by atoms with Crippen molar-refractivity contribution in [3.05, 3.63) is 52.3 Å². The number of ether oxygens (including phenoxy) is 1. The second kappa shape index (κ2) is 8.98. The van der Waals surface area contributed by atoms with Crippen molar-refractivity contribution in [2.75, 3.05) is 23.0 Å². The van der Waals surface area contributed by atoms with Gasteiger partial charge in [0.15, 0.2) is 0 Å². The zero-order valence-corrected chi connectivity index (χ0v) is 17.7. The fourth-order valence-corrected chi connectivity index (χ4v) is 4.29. The Bertz CT molecular complexity index is 986. The summed E-state index contributed by atoms with van der Waals surface area (Å²) in [6, 6.07) is 7.04. The Morgan fingerprint density at radius 1 is 1.21 bits per heavy atom. The number of nitrogens with zero attached hydrogens (tertiary/aromatic N) is 1. The van der Waals surface area contributed by atoms with Gasteiger partial charge in [-0.25, -0.2) is 12.8 Å². The van der Waals surface area contributed by atoms with Gasteiger partial charge < -0.3 is 10.1 Å². The molecule has 0 aromatic heterocycles. The minimum atomic E-state index is -3.83. The molecule has 0 aliphatic rings. The van der Waals surface area contributed by atoms with Crippen LogP contribution in [0.2, 0.25) is 10.0 Å². The fraction of sp³-hybridized carbons (Fsp3) is 0.278. The largest absolute Gasteiger partial charge is 0.495 e. The summed E-state index contributed by atoms with van der Waals surface area (Å²) >= 11 is 11.8. The average Bonchev–Trinajstić information content (AvgIpc) is 2.61. The third-order valence-electron chi connectivity index (χ3n) is 3.91. The van der Waals surface area contributed by atoms with Crippen LogP contribution >= 0.6 is 23.2 Å². The first-order chi connectivity index (χ1) is 13.1. The molecule has 0 fully saturated rings. The Morgan fingerprint density at radius 3 is 2.39 bits per heavy atom. The first-order valence-electron chi connectivity index (χ1n) is 8.17. The molecule has 1 atom stereocenters. The zero-order chi connectivity index (χ0) is 21.1. The van der Waals surface area contributed by atoms with Crippen molar-refractivity contribution >= 4 is 50.5 Å². The molecule has 1 N–H and O–H groups in total. The van der Waals surface area contributed by atoms with Gasteiger partial charge in [0.1, 0.15) is 17.6 Å². The predicted molar refractivity (Wildman–Crippen MR) is 109 cm³/mol. The maximum atomic E-state index is 13.3. The van der Waals surface area contributed by atoms with Crippen LogP contribution in [0.4, 0.5) is 15.8 Å². The van der Waals surface area contributed by atoms with E-state index in [4.69, 9.17) is 27.9 Å². The molecule has 2 rings (SSSR count). The van der Waals surface area contributed by atoms with Crippen LogP contribution in [0, 0.1) is 5.82 Å². The molecule has 10 heteroatoms. The summed E-state index contributed by atoms with van der Waals surface area (Å²) in [4.78, 5) is 12.8. The van der Waals surface area contributed by atoms with E-state index in [2.05, 4.69) is 5.32 Å². The number of hydrogen-bond donors (Lipinski definition) is 1. The topological polar surface area (TPSA) is 75.7 Å². The molecular formula is C18H19Cl2FN2O4S. The lowest BCUT2D eigenvalue weighted by atomic mass is 10.1. The molecule has 28 heavy (non-hydrogen) atoms. The summed E-state index contributed by atoms with van der Waals surface area (Å²) in [5.41, 5.74) is 0.462. The predicted octanol–water partition coefficient (Wildman–Crippen LogP) is 4.32. The van der Waals surface area contributed by atoms with Crippen LogP contribution in [-0.4, -0.2) is 33.7 Å². The number of methoxy groups -OCH3 is 1. The first-order valence-corrected chi connectivity index (χ1v) is 10.8. The first kappa shape index (κ1) is 22.3. The van der Waals surface area contributed by atoms with E-state index < -0.39 is 27.8 Å². The zero-order valence-electron chi connectivity index (χ0n) is 15.4. The highest BCUT2D eigenvalue weighted by Crippen LogP contribution is 2.32. The maximum absolute atomic E-state index is 13.3. The normalized spacial score (nSPS) is 12.4. The number of halogens is 3. The number of hydrogen-bond acceptors (Lipinski definition) is 4. The molecular weight excluding hydrogens is 430 g/mol. The maximum Gasteiger partial charge on any atom is 0.248 e. The number of sulfonamides is 1. The van der Waals surface area contributed by atoms with E-state index in [1.54, 1.807) is 6.92 Å². The Kier molecular flexibility index (Phi) is 7.14. The molecule has 0 saturated carbocycles. The lowest BCUT2D eigenvalue weighted by molar-refractivity contribution is -0.117. The highest BCUT2D eigenvalue weighted by Gasteiger charge is 2.32. The monoisotopic (exact) mass is 448 g/mol. The second-order valence-electron chi connectivity index (χ2n) is 5.92. The molecule has 152 valence electrons. The van der Waals surface area contributed by atoms with E-state index in [-0.39, 0.29) is 27.8 Å². The van der Waals surface area contributed by atoms with Crippen LogP contribution in [0.5, 0.6) is 5.75 Å². The van der Waals surface area contributed by atoms with Crippen molar-refractivity contribution in [1.29, 1.82) is 0 Å². The van der Waals surface area contributed by atoms with Crippen LogP contribution in [0.3, 0.4) is 0 Å². The van der Waals surface area contributed by atoms with E-state index in [0.717, 1.165) is 16.6 Å². The summed E-state index contributed by atoms with van der Waals surface area (Å²) in [5.74, 6) is -0.850. The molecule has 0 bridgehead atoms. The molecule has 0 aliphatic heterocycles. The molecule has 0 unspecified atom stereocenters. The van der Waals surface area contributed by atoms with Crippen LogP contribution in [0.1, 0.15) is 13.3 Å². The molecule has 0 saturated heterocycles. The van der Waals surface area contributed by atoms with Gasteiger partial charge >= 0.3 is 0 Å². The van der Waals surface area contributed by atoms with Crippen molar-refractivity contribution in [1.82, 2.24) is 0 Å². The SMILES string of the molecule is CC[C@H](C(=O)Nc1ccc(F)c(Cl)c1)N(c1ccc(OC)c(Cl)c1)S(C)(=O)=O. The number of rotatable bonds is 7. The molecule has 0 radical (unpaired) electrons. The fourth-order valence-electron chi connectivity index (χ4n) is 2.65. The van der Waals surface area contributed by atoms with Gasteiger partial charge in [0.25, 0.3) is 0 Å². The van der Waals surface area contributed by atoms with Crippen molar-refractivity contribution in [2.45, 2.75) is 19.4 Å². The number of anilines is 2. The number of carbonyl (C=O) groups excluding carboxylic acids is 1. The van der Waals surface area contributed by atoms with Crippen molar-refractivity contribution in [3.8, 4) is 5.75 Å². The van der Waals surface area contributed by atoms with Gasteiger partial charge in [-0.15, -0.1) is 0 Å². The van der Waals surface area contributed by atoms with Gasteiger partial charge in [-0.05, 0) is 42.8 Å². The molecule has 0 heterocycles. The molecule has 2 aromatic carbocycles. The number of amides is 1. The smallest absolute Gasteiger partial charge is 0.248 e. The third kappa shape index (κ3) is 5.06. The number of carbonyl (C=O) groups is 1. The molecule has 2 aromatic rings. The molecule has 0 aliphatic carbocycles. The molecule has 1 amide bonds. The summed E-state index contributed by atoms with van der Waals surface area (Å²) in [7, 11) is -2.39. The van der Waals surface area contributed by atoms with Gasteiger partial charge in [-0.2, -0.15) is 0 Å². The van der Waals surface area contributed by atoms with E-state index in [9.17, 15) is 17.6 Å². The minimum Gasteiger partial charge on any atom is -0.495 e. The summed E-state index contributed by atoms with van der Waals surface area (Å²) in [6.07, 6.45) is 1.17. The Morgan fingerprint density at radius 2 is 1.89 bits per heavy atom. The van der Waals surface area contributed by atoms with Gasteiger partial charge in [0, 0.05) is 5.69 Å². The van der Waals surface area contributed by atoms with Crippen molar-refractivity contribution in [3.63, 3.8) is 0 Å². The molecule has 6 nitrogen and oxygen atoms in total. The molecule has 0 spiro atoms. The van der Waals surface area contributed by atoms with Crippen molar-refractivity contribution < 1.29 is 22.3 Å². The average molecular weight is 449 g/mol. The summed E-state index contributed by atoms with van der Waals surface area (Å²) in [6.45, 7) is 1.67. The van der Waals surface area contributed by atoms with Crippen LogP contribution in [0.15, 0.2) is 36.4 Å². The van der Waals surface area contributed by atoms with Gasteiger partial charge in [0.05, 0.1) is 29.1 Å². The minimum absolute atomic E-state index is 0.159. The second-order valence-corrected chi connectivity index (χ2v) is 8.59. The van der Waals surface area contributed by atoms with Crippen LogP contribution in [0.25, 0.3) is 0 Å². The Labute approximate surface area is 173 Å². The highest BCUT2D eigenvalue weighted by atomic mass is 35.5. The van der Waals surface area contributed by atoms with E-state index >= 15 is 0 Å². The summed E-state index contributed by atoms with van der Waals surface area (Å²) < 4.78 is 44.3. The van der Waals surface area contributed by atoms with Crippen LogP contribution < -0.4 is 14.4 Å². The lowest BCUT2D eigenvalue weighted by Crippen LogP contribution is -2.47. The van der Waals surface area contributed by atoms with Gasteiger partial charge in [-0.3, -0.25) is 9.10 Å². The quantitative estimate of drug-likeness (QED) is 0.683. The van der Waals surface area contributed by atoms with Gasteiger partial charge in [-0.1, -0.05) is 30.1 Å². The standard InChI is InChI=1S/C18H19Cl2FN2O4S/c1-4-16(18(24)22-11-5-7-15(21)13(19)9-11)23(28(3,25)26)12-6-8-17(27-2)14(20)10-12/h5-10,16H,4H2,1-3H3,(H,22,24)/t16-/m1/s1. The van der Waals surface area contributed by atoms with E-state index in [0.29, 0.717) is 5.75 Å². The Balaban J connectivity index is 2.41. The van der Waals surface area contributed by atoms with Crippen molar-refractivity contribution in [2.24, 2.45) is 0 Å². The number of nitrogens with one attached hydrogen (secondary N) is 1. The van der Waals surface area contributed by atoms with E-state index in [1.165, 1.54) is 37.4 Å².